The van der Waals surface area contributed by atoms with Crippen LogP contribution in [-0.4, -0.2) is 27.9 Å². The van der Waals surface area contributed by atoms with E-state index in [0.717, 1.165) is 41.1 Å². The Hall–Kier alpha value is -2.80. The second kappa shape index (κ2) is 6.98. The molecule has 7 heteroatoms. The van der Waals surface area contributed by atoms with Crippen LogP contribution in [0.5, 0.6) is 0 Å². The summed E-state index contributed by atoms with van der Waals surface area (Å²) < 4.78 is 6.96. The van der Waals surface area contributed by atoms with Crippen LogP contribution in [0.4, 0.5) is 0 Å². The molecule has 0 amide bonds. The van der Waals surface area contributed by atoms with Crippen LogP contribution in [0, 0.1) is 20.8 Å². The lowest BCUT2D eigenvalue weighted by atomic mass is 10.0. The summed E-state index contributed by atoms with van der Waals surface area (Å²) in [7, 11) is 0. The van der Waals surface area contributed by atoms with E-state index in [9.17, 15) is 14.4 Å². The molecule has 0 fully saturated rings. The molecule has 3 aromatic rings. The van der Waals surface area contributed by atoms with Gasteiger partial charge >= 0.3 is 5.97 Å². The van der Waals surface area contributed by atoms with Gasteiger partial charge in [-0.3, -0.25) is 14.2 Å². The average Bonchev–Trinajstić information content (AvgIpc) is 3.26. The van der Waals surface area contributed by atoms with Crippen molar-refractivity contribution in [3.63, 3.8) is 0 Å². The number of rotatable bonds is 4. The van der Waals surface area contributed by atoms with Gasteiger partial charge in [0.15, 0.2) is 6.61 Å². The van der Waals surface area contributed by atoms with Gasteiger partial charge in [0.25, 0.3) is 5.56 Å². The van der Waals surface area contributed by atoms with Crippen LogP contribution in [0.1, 0.15) is 49.0 Å². The summed E-state index contributed by atoms with van der Waals surface area (Å²) in [4.78, 5) is 43.2. The second-order valence-corrected chi connectivity index (χ2v) is 8.14. The maximum absolute atomic E-state index is 12.7. The van der Waals surface area contributed by atoms with Crippen LogP contribution in [0.2, 0.25) is 0 Å². The monoisotopic (exact) mass is 396 g/mol. The largest absolute Gasteiger partial charge is 0.453 e. The number of hydrogen-bond donors (Lipinski definition) is 0. The molecule has 2 aromatic heterocycles. The predicted octanol–water partition coefficient (Wildman–Crippen LogP) is 3.37. The molecule has 1 aliphatic rings. The number of aryl methyl sites for hydroxylation is 4. The normalized spacial score (nSPS) is 13.0. The Morgan fingerprint density at radius 3 is 2.82 bits per heavy atom. The third-order valence-electron chi connectivity index (χ3n) is 5.12. The number of Topliss-reactive ketones (excluding diaryl/α,β-unsaturated/α-hetero) is 1. The smallest absolute Gasteiger partial charge is 0.349 e. The van der Waals surface area contributed by atoms with Gasteiger partial charge < -0.3 is 4.74 Å². The highest BCUT2D eigenvalue weighted by Crippen LogP contribution is 2.29. The molecule has 144 valence electrons. The van der Waals surface area contributed by atoms with Crippen molar-refractivity contribution in [3.8, 4) is 0 Å². The molecule has 1 aromatic carbocycles. The number of thiophene rings is 1. The molecule has 0 saturated heterocycles. The number of nitrogens with zero attached hydrogens (tertiary/aromatic N) is 2. The van der Waals surface area contributed by atoms with Crippen molar-refractivity contribution >= 4 is 33.3 Å². The number of ether oxygens (including phenoxy) is 1. The molecule has 0 saturated carbocycles. The zero-order chi connectivity index (χ0) is 20.0. The fourth-order valence-corrected chi connectivity index (χ4v) is 4.66. The fraction of sp³-hybridized carbons (Fsp3) is 0.333. The number of carbonyl (C=O) groups excluding carboxylic acids is 2. The van der Waals surface area contributed by atoms with E-state index in [1.807, 2.05) is 26.0 Å². The van der Waals surface area contributed by atoms with Gasteiger partial charge in [-0.2, -0.15) is 0 Å². The Morgan fingerprint density at radius 1 is 1.25 bits per heavy atom. The molecule has 28 heavy (non-hydrogen) atoms. The third kappa shape index (κ3) is 3.05. The number of benzene rings is 1. The van der Waals surface area contributed by atoms with Crippen LogP contribution in [-0.2, 0) is 17.7 Å². The van der Waals surface area contributed by atoms with E-state index >= 15 is 0 Å². The standard InChI is InChI=1S/C21H20N2O4S/c1-11-6-7-12(2)14(9-11)15(24)10-27-21(26)18-13(3)17-19(28-18)22-16-5-4-8-23(16)20(17)25/h6-7,9H,4-5,8,10H2,1-3H3. The molecule has 0 unspecified atom stereocenters. The van der Waals surface area contributed by atoms with Crippen molar-refractivity contribution < 1.29 is 14.3 Å². The lowest BCUT2D eigenvalue weighted by Crippen LogP contribution is -2.20. The van der Waals surface area contributed by atoms with E-state index in [-0.39, 0.29) is 17.9 Å². The Morgan fingerprint density at radius 2 is 2.04 bits per heavy atom. The quantitative estimate of drug-likeness (QED) is 0.499. The van der Waals surface area contributed by atoms with E-state index < -0.39 is 5.97 Å². The number of esters is 1. The van der Waals surface area contributed by atoms with Crippen LogP contribution in [0.3, 0.4) is 0 Å². The summed E-state index contributed by atoms with van der Waals surface area (Å²) >= 11 is 1.15. The van der Waals surface area contributed by atoms with Gasteiger partial charge in [0.1, 0.15) is 15.5 Å². The van der Waals surface area contributed by atoms with Crippen LogP contribution >= 0.6 is 11.3 Å². The number of carbonyl (C=O) groups is 2. The van der Waals surface area contributed by atoms with Crippen molar-refractivity contribution in [2.24, 2.45) is 0 Å². The second-order valence-electron chi connectivity index (χ2n) is 7.14. The van der Waals surface area contributed by atoms with E-state index in [0.29, 0.717) is 32.8 Å². The summed E-state index contributed by atoms with van der Waals surface area (Å²) in [6.07, 6.45) is 1.68. The SMILES string of the molecule is Cc1ccc(C)c(C(=O)COC(=O)c2sc3nc4n(c(=O)c3c2C)CCC4)c1. The number of fused-ring (bicyclic) bond motifs is 2. The van der Waals surface area contributed by atoms with E-state index in [2.05, 4.69) is 4.98 Å². The van der Waals surface area contributed by atoms with Gasteiger partial charge in [-0.15, -0.1) is 11.3 Å². The van der Waals surface area contributed by atoms with Gasteiger partial charge in [0, 0.05) is 18.5 Å². The predicted molar refractivity (Wildman–Crippen MR) is 107 cm³/mol. The zero-order valence-corrected chi connectivity index (χ0v) is 16.8. The van der Waals surface area contributed by atoms with E-state index in [4.69, 9.17) is 4.74 Å². The molecular formula is C21H20N2O4S. The first-order chi connectivity index (χ1) is 13.4. The lowest BCUT2D eigenvalue weighted by Gasteiger charge is -2.07. The first kappa shape index (κ1) is 18.6. The molecule has 0 atom stereocenters. The maximum atomic E-state index is 12.7. The molecule has 1 aliphatic heterocycles. The summed E-state index contributed by atoms with van der Waals surface area (Å²) in [6.45, 7) is 5.82. The molecule has 0 radical (unpaired) electrons. The topological polar surface area (TPSA) is 78.3 Å². The van der Waals surface area contributed by atoms with Gasteiger partial charge in [-0.25, -0.2) is 9.78 Å². The summed E-state index contributed by atoms with van der Waals surface area (Å²) in [5.41, 5.74) is 2.84. The minimum absolute atomic E-state index is 0.100. The van der Waals surface area contributed by atoms with Crippen molar-refractivity contribution in [2.45, 2.75) is 40.2 Å². The lowest BCUT2D eigenvalue weighted by molar-refractivity contribution is 0.0479. The Bertz CT molecular complexity index is 1190. The first-order valence-corrected chi connectivity index (χ1v) is 9.99. The molecular weight excluding hydrogens is 376 g/mol. The highest BCUT2D eigenvalue weighted by atomic mass is 32.1. The minimum atomic E-state index is -0.594. The summed E-state index contributed by atoms with van der Waals surface area (Å²) in [5, 5.41) is 0.475. The van der Waals surface area contributed by atoms with Crippen molar-refractivity contribution in [1.82, 2.24) is 9.55 Å². The minimum Gasteiger partial charge on any atom is -0.453 e. The Kier molecular flexibility index (Phi) is 4.63. The molecule has 0 spiro atoms. The van der Waals surface area contributed by atoms with Crippen molar-refractivity contribution in [2.75, 3.05) is 6.61 Å². The average molecular weight is 396 g/mol. The molecule has 0 aliphatic carbocycles. The highest BCUT2D eigenvalue weighted by Gasteiger charge is 2.24. The van der Waals surface area contributed by atoms with E-state index in [1.54, 1.807) is 17.6 Å². The van der Waals surface area contributed by atoms with Crippen LogP contribution in [0.25, 0.3) is 10.2 Å². The molecule has 0 bridgehead atoms. The van der Waals surface area contributed by atoms with Crippen molar-refractivity contribution in [1.29, 1.82) is 0 Å². The van der Waals surface area contributed by atoms with Crippen LogP contribution in [0.15, 0.2) is 23.0 Å². The molecule has 6 nitrogen and oxygen atoms in total. The van der Waals surface area contributed by atoms with Crippen LogP contribution < -0.4 is 5.56 Å². The maximum Gasteiger partial charge on any atom is 0.349 e. The molecule has 4 rings (SSSR count). The number of aromatic nitrogens is 2. The number of hydrogen-bond acceptors (Lipinski definition) is 6. The summed E-state index contributed by atoms with van der Waals surface area (Å²) in [5.74, 6) is -0.0713. The zero-order valence-electron chi connectivity index (χ0n) is 16.0. The summed E-state index contributed by atoms with van der Waals surface area (Å²) in [6, 6.07) is 5.60. The van der Waals surface area contributed by atoms with Gasteiger partial charge in [0.2, 0.25) is 5.78 Å². The van der Waals surface area contributed by atoms with E-state index in [1.165, 1.54) is 0 Å². The molecule has 0 N–H and O–H groups in total. The molecule has 3 heterocycles. The van der Waals surface area contributed by atoms with Gasteiger partial charge in [-0.1, -0.05) is 17.7 Å². The first-order valence-electron chi connectivity index (χ1n) is 9.17. The Labute approximate surface area is 165 Å². The highest BCUT2D eigenvalue weighted by molar-refractivity contribution is 7.20. The number of ketones is 1. The third-order valence-corrected chi connectivity index (χ3v) is 6.29. The van der Waals surface area contributed by atoms with Gasteiger partial charge in [0.05, 0.1) is 5.39 Å². The fourth-order valence-electron chi connectivity index (χ4n) is 3.58. The van der Waals surface area contributed by atoms with Gasteiger partial charge in [-0.05, 0) is 44.4 Å². The Balaban J connectivity index is 1.59. The van der Waals surface area contributed by atoms with Crippen molar-refractivity contribution in [3.05, 3.63) is 61.5 Å².